The summed E-state index contributed by atoms with van der Waals surface area (Å²) in [5.74, 6) is 0.913. The normalized spacial score (nSPS) is 22.6. The van der Waals surface area contributed by atoms with E-state index in [0.29, 0.717) is 13.2 Å². The van der Waals surface area contributed by atoms with E-state index in [4.69, 9.17) is 9.47 Å². The lowest BCUT2D eigenvalue weighted by Crippen LogP contribution is -2.38. The third kappa shape index (κ3) is 2.39. The van der Waals surface area contributed by atoms with E-state index in [0.717, 1.165) is 30.8 Å². The Morgan fingerprint density at radius 3 is 2.75 bits per heavy atom. The minimum absolute atomic E-state index is 0.177. The van der Waals surface area contributed by atoms with Crippen molar-refractivity contribution < 1.29 is 9.47 Å². The molecule has 0 saturated carbocycles. The van der Waals surface area contributed by atoms with Crippen LogP contribution in [-0.4, -0.2) is 36.8 Å². The number of nitriles is 1. The maximum atomic E-state index is 9.61. The van der Waals surface area contributed by atoms with E-state index >= 15 is 0 Å². The second-order valence-corrected chi connectivity index (χ2v) is 6.05. The van der Waals surface area contributed by atoms with Crippen molar-refractivity contribution in [1.29, 1.82) is 5.26 Å². The van der Waals surface area contributed by atoms with Gasteiger partial charge < -0.3 is 9.47 Å². The molecule has 1 atom stereocenters. The number of ether oxygens (including phenoxy) is 2. The molecule has 106 valence electrons. The molecule has 4 nitrogen and oxygen atoms in total. The topological polar surface area (TPSA) is 45.5 Å². The second kappa shape index (κ2) is 5.08. The summed E-state index contributed by atoms with van der Waals surface area (Å²) in [5.41, 5.74) is 2.03. The van der Waals surface area contributed by atoms with E-state index in [-0.39, 0.29) is 11.6 Å². The van der Waals surface area contributed by atoms with Gasteiger partial charge in [0, 0.05) is 25.1 Å². The number of fused-ring (bicyclic) bond motifs is 1. The predicted molar refractivity (Wildman–Crippen MR) is 75.6 cm³/mol. The highest BCUT2D eigenvalue weighted by Crippen LogP contribution is 2.41. The number of hydrogen-bond acceptors (Lipinski definition) is 4. The van der Waals surface area contributed by atoms with Gasteiger partial charge in [-0.25, -0.2) is 0 Å². The molecule has 2 aliphatic rings. The van der Waals surface area contributed by atoms with Crippen LogP contribution in [0.4, 0.5) is 0 Å². The van der Waals surface area contributed by atoms with Gasteiger partial charge in [0.05, 0.1) is 19.3 Å². The summed E-state index contributed by atoms with van der Waals surface area (Å²) in [6.07, 6.45) is 0.900. The van der Waals surface area contributed by atoms with Crippen molar-refractivity contribution in [2.24, 2.45) is 0 Å². The Hall–Kier alpha value is -1.57. The summed E-state index contributed by atoms with van der Waals surface area (Å²) in [6.45, 7) is 7.16. The molecule has 3 rings (SSSR count). The minimum Gasteiger partial charge on any atom is -0.487 e. The van der Waals surface area contributed by atoms with Gasteiger partial charge >= 0.3 is 0 Å². The lowest BCUT2D eigenvalue weighted by molar-refractivity contribution is 0.0257. The fourth-order valence-electron chi connectivity index (χ4n) is 3.04. The quantitative estimate of drug-likeness (QED) is 0.828. The van der Waals surface area contributed by atoms with Gasteiger partial charge in [0.15, 0.2) is 0 Å². The van der Waals surface area contributed by atoms with Crippen molar-refractivity contribution in [3.8, 4) is 11.8 Å². The van der Waals surface area contributed by atoms with Gasteiger partial charge in [-0.05, 0) is 19.4 Å². The third-order valence-corrected chi connectivity index (χ3v) is 3.95. The van der Waals surface area contributed by atoms with Crippen molar-refractivity contribution in [3.05, 3.63) is 29.3 Å². The van der Waals surface area contributed by atoms with Crippen LogP contribution >= 0.6 is 0 Å². The Morgan fingerprint density at radius 2 is 2.05 bits per heavy atom. The van der Waals surface area contributed by atoms with Gasteiger partial charge in [0.2, 0.25) is 0 Å². The first kappa shape index (κ1) is 13.4. The SMILES string of the molecule is CC1(C)Cc2cccc(C(C#N)N3CCOCC3)c2O1. The Bertz CT molecular complexity index is 542. The molecule has 0 radical (unpaired) electrons. The molecular formula is C16H20N2O2. The van der Waals surface area contributed by atoms with Gasteiger partial charge in [-0.3, -0.25) is 4.90 Å². The molecule has 2 aliphatic heterocycles. The molecule has 2 heterocycles. The fraction of sp³-hybridized carbons (Fsp3) is 0.562. The maximum Gasteiger partial charge on any atom is 0.129 e. The van der Waals surface area contributed by atoms with Crippen molar-refractivity contribution in [2.75, 3.05) is 26.3 Å². The van der Waals surface area contributed by atoms with Crippen LogP contribution in [0.25, 0.3) is 0 Å². The molecule has 1 aromatic carbocycles. The maximum absolute atomic E-state index is 9.61. The van der Waals surface area contributed by atoms with E-state index in [1.54, 1.807) is 0 Å². The predicted octanol–water partition coefficient (Wildman–Crippen LogP) is 2.30. The number of rotatable bonds is 2. The molecule has 1 saturated heterocycles. The summed E-state index contributed by atoms with van der Waals surface area (Å²) < 4.78 is 11.5. The minimum atomic E-state index is -0.247. The summed E-state index contributed by atoms with van der Waals surface area (Å²) in [4.78, 5) is 2.17. The lowest BCUT2D eigenvalue weighted by Gasteiger charge is -2.31. The molecule has 1 fully saturated rings. The molecule has 0 amide bonds. The van der Waals surface area contributed by atoms with Crippen LogP contribution in [0.15, 0.2) is 18.2 Å². The molecule has 20 heavy (non-hydrogen) atoms. The van der Waals surface area contributed by atoms with Crippen LogP contribution in [0, 0.1) is 11.3 Å². The van der Waals surface area contributed by atoms with Gasteiger partial charge in [-0.2, -0.15) is 5.26 Å². The molecule has 0 spiro atoms. The standard InChI is InChI=1S/C16H20N2O2/c1-16(2)10-12-4-3-5-13(15(12)20-16)14(11-17)18-6-8-19-9-7-18/h3-5,14H,6-10H2,1-2H3. The Balaban J connectivity index is 1.94. The number of nitrogens with zero attached hydrogens (tertiary/aromatic N) is 2. The van der Waals surface area contributed by atoms with Crippen LogP contribution in [0.2, 0.25) is 0 Å². The molecule has 4 heteroatoms. The first-order chi connectivity index (χ1) is 9.61. The second-order valence-electron chi connectivity index (χ2n) is 6.05. The summed E-state index contributed by atoms with van der Waals surface area (Å²) in [6, 6.07) is 8.34. The monoisotopic (exact) mass is 272 g/mol. The number of morpholine rings is 1. The zero-order valence-electron chi connectivity index (χ0n) is 12.1. The molecule has 0 bridgehead atoms. The van der Waals surface area contributed by atoms with Gasteiger partial charge in [0.25, 0.3) is 0 Å². The van der Waals surface area contributed by atoms with Crippen LogP contribution in [0.3, 0.4) is 0 Å². The summed E-state index contributed by atoms with van der Waals surface area (Å²) in [7, 11) is 0. The average molecular weight is 272 g/mol. The van der Waals surface area contributed by atoms with E-state index in [9.17, 15) is 5.26 Å². The first-order valence-electron chi connectivity index (χ1n) is 7.13. The zero-order valence-corrected chi connectivity index (χ0v) is 12.1. The smallest absolute Gasteiger partial charge is 0.129 e. The van der Waals surface area contributed by atoms with Crippen molar-refractivity contribution >= 4 is 0 Å². The molecule has 0 N–H and O–H groups in total. The van der Waals surface area contributed by atoms with Crippen LogP contribution in [0.5, 0.6) is 5.75 Å². The van der Waals surface area contributed by atoms with Crippen LogP contribution in [0.1, 0.15) is 31.0 Å². The van der Waals surface area contributed by atoms with Crippen molar-refractivity contribution in [2.45, 2.75) is 31.9 Å². The largest absolute Gasteiger partial charge is 0.487 e. The Labute approximate surface area is 119 Å². The van der Waals surface area contributed by atoms with E-state index in [2.05, 4.69) is 30.9 Å². The highest BCUT2D eigenvalue weighted by Gasteiger charge is 2.34. The lowest BCUT2D eigenvalue weighted by atomic mass is 9.98. The molecule has 1 aromatic rings. The third-order valence-electron chi connectivity index (χ3n) is 3.95. The van der Waals surface area contributed by atoms with E-state index < -0.39 is 0 Å². The van der Waals surface area contributed by atoms with Crippen LogP contribution in [-0.2, 0) is 11.2 Å². The number of benzene rings is 1. The fourth-order valence-corrected chi connectivity index (χ4v) is 3.04. The first-order valence-corrected chi connectivity index (χ1v) is 7.13. The molecule has 0 aromatic heterocycles. The number of hydrogen-bond donors (Lipinski definition) is 0. The van der Waals surface area contributed by atoms with Gasteiger partial charge in [-0.1, -0.05) is 18.2 Å². The average Bonchev–Trinajstić information content (AvgIpc) is 2.75. The zero-order chi connectivity index (χ0) is 14.2. The highest BCUT2D eigenvalue weighted by atomic mass is 16.5. The van der Waals surface area contributed by atoms with Crippen LogP contribution < -0.4 is 4.74 Å². The summed E-state index contributed by atoms with van der Waals surface area (Å²) >= 11 is 0. The highest BCUT2D eigenvalue weighted by molar-refractivity contribution is 5.48. The molecule has 0 aliphatic carbocycles. The number of para-hydroxylation sites is 1. The van der Waals surface area contributed by atoms with Gasteiger partial charge in [0.1, 0.15) is 17.4 Å². The van der Waals surface area contributed by atoms with E-state index in [1.165, 1.54) is 5.56 Å². The Kier molecular flexibility index (Phi) is 3.41. The Morgan fingerprint density at radius 1 is 1.30 bits per heavy atom. The molecule has 1 unspecified atom stereocenters. The van der Waals surface area contributed by atoms with E-state index in [1.807, 2.05) is 12.1 Å². The van der Waals surface area contributed by atoms with Crippen molar-refractivity contribution in [3.63, 3.8) is 0 Å². The van der Waals surface area contributed by atoms with Crippen molar-refractivity contribution in [1.82, 2.24) is 4.90 Å². The van der Waals surface area contributed by atoms with Gasteiger partial charge in [-0.15, -0.1) is 0 Å². The summed E-state index contributed by atoms with van der Waals surface area (Å²) in [5, 5.41) is 9.61. The molecular weight excluding hydrogens is 252 g/mol.